The fourth-order valence-corrected chi connectivity index (χ4v) is 1.39. The molecule has 0 unspecified atom stereocenters. The van der Waals surface area contributed by atoms with E-state index in [-0.39, 0.29) is 5.69 Å². The molecular weight excluding hydrogens is 230 g/mol. The van der Waals surface area contributed by atoms with Gasteiger partial charge in [-0.25, -0.2) is 0 Å². The molecule has 0 heterocycles. The molecule has 0 saturated carbocycles. The molecule has 0 N–H and O–H groups in total. The summed E-state index contributed by atoms with van der Waals surface area (Å²) in [4.78, 5) is 10.4. The number of alkyl halides is 1. The van der Waals surface area contributed by atoms with Crippen molar-refractivity contribution < 1.29 is 9.66 Å². The topological polar surface area (TPSA) is 52.4 Å². The van der Waals surface area contributed by atoms with Crippen LogP contribution >= 0.6 is 11.6 Å². The van der Waals surface area contributed by atoms with Gasteiger partial charge in [0.2, 0.25) is 0 Å². The molecule has 0 aromatic heterocycles. The number of aryl methyl sites for hydroxylation is 1. The van der Waals surface area contributed by atoms with Gasteiger partial charge in [-0.05, 0) is 24.5 Å². The lowest BCUT2D eigenvalue weighted by atomic mass is 10.1. The summed E-state index contributed by atoms with van der Waals surface area (Å²) >= 11 is 5.50. The highest BCUT2D eigenvalue weighted by Crippen LogP contribution is 2.28. The molecule has 0 aliphatic heterocycles. The molecule has 0 aliphatic rings. The Labute approximate surface area is 99.3 Å². The standard InChI is InChI=1S/C11H14ClNO3/c1-2-9-4-5-11(16-7-3-6-12)10(8-9)13(14)15/h4-5,8H,2-3,6-7H2,1H3. The molecule has 0 radical (unpaired) electrons. The van der Waals surface area contributed by atoms with Crippen LogP contribution in [0.25, 0.3) is 0 Å². The average molecular weight is 244 g/mol. The Hall–Kier alpha value is -1.29. The van der Waals surface area contributed by atoms with Gasteiger partial charge >= 0.3 is 5.69 Å². The second-order valence-electron chi connectivity index (χ2n) is 3.30. The van der Waals surface area contributed by atoms with E-state index in [1.807, 2.05) is 13.0 Å². The summed E-state index contributed by atoms with van der Waals surface area (Å²) in [6.07, 6.45) is 1.44. The number of halogens is 1. The number of nitro benzene ring substituents is 1. The highest BCUT2D eigenvalue weighted by atomic mass is 35.5. The zero-order valence-electron chi connectivity index (χ0n) is 9.11. The Kier molecular flexibility index (Phi) is 5.05. The van der Waals surface area contributed by atoms with Crippen LogP contribution in [0.15, 0.2) is 18.2 Å². The molecule has 0 fully saturated rings. The molecule has 1 aromatic rings. The smallest absolute Gasteiger partial charge is 0.311 e. The first-order valence-corrected chi connectivity index (χ1v) is 5.68. The lowest BCUT2D eigenvalue weighted by Crippen LogP contribution is -2.01. The normalized spacial score (nSPS) is 10.1. The maximum atomic E-state index is 10.8. The number of nitrogens with zero attached hydrogens (tertiary/aromatic N) is 1. The lowest BCUT2D eigenvalue weighted by molar-refractivity contribution is -0.385. The zero-order valence-corrected chi connectivity index (χ0v) is 9.87. The van der Waals surface area contributed by atoms with E-state index in [1.165, 1.54) is 0 Å². The molecule has 0 atom stereocenters. The van der Waals surface area contributed by atoms with Gasteiger partial charge in [0.1, 0.15) is 0 Å². The van der Waals surface area contributed by atoms with E-state index in [2.05, 4.69) is 0 Å². The second-order valence-corrected chi connectivity index (χ2v) is 3.68. The van der Waals surface area contributed by atoms with Crippen molar-refractivity contribution in [3.63, 3.8) is 0 Å². The number of rotatable bonds is 6. The van der Waals surface area contributed by atoms with E-state index in [0.29, 0.717) is 24.7 Å². The Morgan fingerprint density at radius 2 is 2.25 bits per heavy atom. The van der Waals surface area contributed by atoms with Gasteiger partial charge < -0.3 is 4.74 Å². The number of nitro groups is 1. The van der Waals surface area contributed by atoms with E-state index >= 15 is 0 Å². The van der Waals surface area contributed by atoms with Crippen molar-refractivity contribution in [3.05, 3.63) is 33.9 Å². The van der Waals surface area contributed by atoms with Crippen molar-refractivity contribution in [1.82, 2.24) is 0 Å². The van der Waals surface area contributed by atoms with Crippen molar-refractivity contribution in [1.29, 1.82) is 0 Å². The van der Waals surface area contributed by atoms with Crippen LogP contribution in [0, 0.1) is 10.1 Å². The summed E-state index contributed by atoms with van der Waals surface area (Å²) < 4.78 is 5.31. The largest absolute Gasteiger partial charge is 0.487 e. The van der Waals surface area contributed by atoms with Crippen LogP contribution in [0.3, 0.4) is 0 Å². The molecule has 5 heteroatoms. The van der Waals surface area contributed by atoms with Gasteiger partial charge in [-0.1, -0.05) is 13.0 Å². The zero-order chi connectivity index (χ0) is 12.0. The molecule has 4 nitrogen and oxygen atoms in total. The van der Waals surface area contributed by atoms with E-state index in [0.717, 1.165) is 12.0 Å². The van der Waals surface area contributed by atoms with Crippen molar-refractivity contribution in [2.45, 2.75) is 19.8 Å². The first-order valence-electron chi connectivity index (χ1n) is 5.15. The maximum Gasteiger partial charge on any atom is 0.311 e. The van der Waals surface area contributed by atoms with Crippen molar-refractivity contribution in [2.75, 3.05) is 12.5 Å². The third kappa shape index (κ3) is 3.38. The summed E-state index contributed by atoms with van der Waals surface area (Å²) in [6, 6.07) is 5.03. The summed E-state index contributed by atoms with van der Waals surface area (Å²) in [5.74, 6) is 0.799. The van der Waals surface area contributed by atoms with Crippen LogP contribution < -0.4 is 4.74 Å². The Balaban J connectivity index is 2.85. The Morgan fingerprint density at radius 3 is 2.81 bits per heavy atom. The first-order chi connectivity index (χ1) is 7.69. The monoisotopic (exact) mass is 243 g/mol. The van der Waals surface area contributed by atoms with Crippen LogP contribution in [0.2, 0.25) is 0 Å². The van der Waals surface area contributed by atoms with Crippen LogP contribution in [0.1, 0.15) is 18.9 Å². The van der Waals surface area contributed by atoms with Crippen molar-refractivity contribution in [3.8, 4) is 5.75 Å². The van der Waals surface area contributed by atoms with Gasteiger partial charge in [0.25, 0.3) is 0 Å². The van der Waals surface area contributed by atoms with Crippen molar-refractivity contribution in [2.24, 2.45) is 0 Å². The molecule has 16 heavy (non-hydrogen) atoms. The van der Waals surface area contributed by atoms with E-state index < -0.39 is 4.92 Å². The molecule has 0 amide bonds. The average Bonchev–Trinajstić information content (AvgIpc) is 2.29. The van der Waals surface area contributed by atoms with Crippen LogP contribution in [0.4, 0.5) is 5.69 Å². The molecule has 0 saturated heterocycles. The highest BCUT2D eigenvalue weighted by Gasteiger charge is 2.15. The fraction of sp³-hybridized carbons (Fsp3) is 0.455. The van der Waals surface area contributed by atoms with Crippen LogP contribution in [0.5, 0.6) is 5.75 Å². The first kappa shape index (κ1) is 12.8. The van der Waals surface area contributed by atoms with Crippen LogP contribution in [-0.2, 0) is 6.42 Å². The minimum atomic E-state index is -0.421. The molecule has 0 bridgehead atoms. The summed E-state index contributed by atoms with van der Waals surface area (Å²) in [5.41, 5.74) is 0.949. The Morgan fingerprint density at radius 1 is 1.50 bits per heavy atom. The van der Waals surface area contributed by atoms with Gasteiger partial charge in [-0.15, -0.1) is 11.6 Å². The SMILES string of the molecule is CCc1ccc(OCCCCl)c([N+](=O)[O-])c1. The quantitative estimate of drug-likeness (QED) is 0.334. The number of benzene rings is 1. The van der Waals surface area contributed by atoms with E-state index in [9.17, 15) is 10.1 Å². The number of hydrogen-bond acceptors (Lipinski definition) is 3. The lowest BCUT2D eigenvalue weighted by Gasteiger charge is -2.06. The minimum Gasteiger partial charge on any atom is -0.487 e. The summed E-state index contributed by atoms with van der Waals surface area (Å²) in [6.45, 7) is 2.35. The predicted molar refractivity (Wildman–Crippen MR) is 63.3 cm³/mol. The molecular formula is C11H14ClNO3. The number of ether oxygens (including phenoxy) is 1. The third-order valence-electron chi connectivity index (χ3n) is 2.16. The predicted octanol–water partition coefficient (Wildman–Crippen LogP) is 3.16. The van der Waals surface area contributed by atoms with Gasteiger partial charge in [0, 0.05) is 11.9 Å². The van der Waals surface area contributed by atoms with Gasteiger partial charge in [0.05, 0.1) is 11.5 Å². The molecule has 1 aromatic carbocycles. The van der Waals surface area contributed by atoms with Gasteiger partial charge in [-0.3, -0.25) is 10.1 Å². The Bertz CT molecular complexity index is 368. The molecule has 88 valence electrons. The molecule has 1 rings (SSSR count). The van der Waals surface area contributed by atoms with E-state index in [4.69, 9.17) is 16.3 Å². The minimum absolute atomic E-state index is 0.0222. The second kappa shape index (κ2) is 6.33. The maximum absolute atomic E-state index is 10.8. The molecule has 0 aliphatic carbocycles. The summed E-state index contributed by atoms with van der Waals surface area (Å²) in [5, 5.41) is 10.8. The third-order valence-corrected chi connectivity index (χ3v) is 2.43. The summed E-state index contributed by atoms with van der Waals surface area (Å²) in [7, 11) is 0. The van der Waals surface area contributed by atoms with Crippen molar-refractivity contribution >= 4 is 17.3 Å². The fourth-order valence-electron chi connectivity index (χ4n) is 1.28. The van der Waals surface area contributed by atoms with Gasteiger partial charge in [0.15, 0.2) is 5.75 Å². The van der Waals surface area contributed by atoms with E-state index in [1.54, 1.807) is 12.1 Å². The van der Waals surface area contributed by atoms with Gasteiger partial charge in [-0.2, -0.15) is 0 Å². The number of hydrogen-bond donors (Lipinski definition) is 0. The van der Waals surface area contributed by atoms with Crippen LogP contribution in [-0.4, -0.2) is 17.4 Å². The molecule has 0 spiro atoms. The highest BCUT2D eigenvalue weighted by molar-refractivity contribution is 6.17.